The molecule has 1 aromatic carbocycles. The fourth-order valence-electron chi connectivity index (χ4n) is 2.67. The van der Waals surface area contributed by atoms with E-state index in [2.05, 4.69) is 5.32 Å². The molecule has 0 radical (unpaired) electrons. The normalized spacial score (nSPS) is 17.1. The summed E-state index contributed by atoms with van der Waals surface area (Å²) in [6.45, 7) is 0.0585. The van der Waals surface area contributed by atoms with Gasteiger partial charge in [0.1, 0.15) is 5.82 Å². The maximum absolute atomic E-state index is 13.5. The number of aliphatic hydroxyl groups is 1. The Balaban J connectivity index is 2.14. The Morgan fingerprint density at radius 3 is 2.75 bits per heavy atom. The highest BCUT2D eigenvalue weighted by atomic mass is 19.1. The first-order chi connectivity index (χ1) is 9.60. The molecule has 0 bridgehead atoms. The third-order valence-electron chi connectivity index (χ3n) is 3.85. The third kappa shape index (κ3) is 3.16. The van der Waals surface area contributed by atoms with E-state index >= 15 is 0 Å². The standard InChI is InChI=1S/C15H20FNO3/c1-20-9-12-8-11(4-5-13(12)16)14(19)17-15(10-18)6-2-3-7-15/h4-5,8,18H,2-3,6-7,9-10H2,1H3,(H,17,19). The second-order valence-electron chi connectivity index (χ2n) is 5.34. The molecule has 1 saturated carbocycles. The van der Waals surface area contributed by atoms with Crippen LogP contribution in [-0.4, -0.2) is 30.3 Å². The van der Waals surface area contributed by atoms with Gasteiger partial charge in [-0.3, -0.25) is 4.79 Å². The summed E-state index contributed by atoms with van der Waals surface area (Å²) in [6.07, 6.45) is 3.56. The van der Waals surface area contributed by atoms with E-state index in [0.717, 1.165) is 25.7 Å². The zero-order chi connectivity index (χ0) is 14.6. The SMILES string of the molecule is COCc1cc(C(=O)NC2(CO)CCCC2)ccc1F. The van der Waals surface area contributed by atoms with Gasteiger partial charge in [0.2, 0.25) is 0 Å². The van der Waals surface area contributed by atoms with Crippen molar-refractivity contribution in [2.45, 2.75) is 37.8 Å². The number of carbonyl (C=O) groups is 1. The highest BCUT2D eigenvalue weighted by Crippen LogP contribution is 2.29. The average Bonchev–Trinajstić information content (AvgIpc) is 2.90. The fraction of sp³-hybridized carbons (Fsp3) is 0.533. The number of aliphatic hydroxyl groups excluding tert-OH is 1. The molecule has 1 amide bonds. The molecular weight excluding hydrogens is 261 g/mol. The monoisotopic (exact) mass is 281 g/mol. The van der Waals surface area contributed by atoms with Gasteiger partial charge in [0.15, 0.2) is 0 Å². The minimum atomic E-state index is -0.521. The smallest absolute Gasteiger partial charge is 0.251 e. The van der Waals surface area contributed by atoms with Crippen LogP contribution in [0.3, 0.4) is 0 Å². The van der Waals surface area contributed by atoms with Crippen LogP contribution in [0.2, 0.25) is 0 Å². The van der Waals surface area contributed by atoms with Crippen LogP contribution in [-0.2, 0) is 11.3 Å². The van der Waals surface area contributed by atoms with Crippen molar-refractivity contribution in [3.8, 4) is 0 Å². The van der Waals surface area contributed by atoms with E-state index < -0.39 is 5.54 Å². The molecule has 4 nitrogen and oxygen atoms in total. The number of nitrogens with one attached hydrogen (secondary N) is 1. The van der Waals surface area contributed by atoms with Crippen molar-refractivity contribution in [2.24, 2.45) is 0 Å². The predicted molar refractivity (Wildman–Crippen MR) is 72.9 cm³/mol. The van der Waals surface area contributed by atoms with Crippen molar-refractivity contribution in [3.05, 3.63) is 35.1 Å². The number of hydrogen-bond acceptors (Lipinski definition) is 3. The van der Waals surface area contributed by atoms with Gasteiger partial charge in [-0.05, 0) is 31.0 Å². The summed E-state index contributed by atoms with van der Waals surface area (Å²) in [5.41, 5.74) is 0.218. The van der Waals surface area contributed by atoms with Crippen molar-refractivity contribution < 1.29 is 19.0 Å². The van der Waals surface area contributed by atoms with Crippen molar-refractivity contribution in [3.63, 3.8) is 0 Å². The molecule has 2 N–H and O–H groups in total. The van der Waals surface area contributed by atoms with Gasteiger partial charge in [-0.25, -0.2) is 4.39 Å². The second-order valence-corrected chi connectivity index (χ2v) is 5.34. The van der Waals surface area contributed by atoms with Crippen LogP contribution in [0.1, 0.15) is 41.6 Å². The molecule has 0 aliphatic heterocycles. The van der Waals surface area contributed by atoms with Gasteiger partial charge >= 0.3 is 0 Å². The molecule has 1 aliphatic rings. The topological polar surface area (TPSA) is 58.6 Å². The third-order valence-corrected chi connectivity index (χ3v) is 3.85. The summed E-state index contributed by atoms with van der Waals surface area (Å²) in [4.78, 5) is 12.2. The number of amides is 1. The Morgan fingerprint density at radius 2 is 2.15 bits per heavy atom. The summed E-state index contributed by atoms with van der Waals surface area (Å²) in [5.74, 6) is -0.667. The van der Waals surface area contributed by atoms with Crippen molar-refractivity contribution in [1.29, 1.82) is 0 Å². The Hall–Kier alpha value is -1.46. The molecule has 0 saturated heterocycles. The number of hydrogen-bond donors (Lipinski definition) is 2. The molecule has 2 rings (SSSR count). The molecule has 5 heteroatoms. The van der Waals surface area contributed by atoms with E-state index in [1.807, 2.05) is 0 Å². The zero-order valence-corrected chi connectivity index (χ0v) is 11.6. The van der Waals surface area contributed by atoms with Gasteiger partial charge in [0.25, 0.3) is 5.91 Å². The van der Waals surface area contributed by atoms with Gasteiger partial charge in [-0.2, -0.15) is 0 Å². The lowest BCUT2D eigenvalue weighted by Crippen LogP contribution is -2.49. The lowest BCUT2D eigenvalue weighted by Gasteiger charge is -2.28. The molecule has 20 heavy (non-hydrogen) atoms. The number of halogens is 1. The van der Waals surface area contributed by atoms with Crippen LogP contribution in [0.15, 0.2) is 18.2 Å². The molecule has 0 heterocycles. The van der Waals surface area contributed by atoms with E-state index in [-0.39, 0.29) is 24.9 Å². The molecule has 1 aliphatic carbocycles. The predicted octanol–water partition coefficient (Wildman–Crippen LogP) is 2.01. The lowest BCUT2D eigenvalue weighted by molar-refractivity contribution is 0.0838. The van der Waals surface area contributed by atoms with Gasteiger partial charge in [0, 0.05) is 18.2 Å². The molecule has 110 valence electrons. The van der Waals surface area contributed by atoms with Crippen molar-refractivity contribution in [1.82, 2.24) is 5.32 Å². The largest absolute Gasteiger partial charge is 0.394 e. The van der Waals surface area contributed by atoms with Crippen LogP contribution in [0.5, 0.6) is 0 Å². The first kappa shape index (κ1) is 14.9. The Kier molecular flexibility index (Phi) is 4.73. The Labute approximate surface area is 117 Å². The molecular formula is C15H20FNO3. The molecule has 1 fully saturated rings. The van der Waals surface area contributed by atoms with Crippen LogP contribution in [0.4, 0.5) is 4.39 Å². The fourth-order valence-corrected chi connectivity index (χ4v) is 2.67. The summed E-state index contributed by atoms with van der Waals surface area (Å²) in [7, 11) is 1.48. The summed E-state index contributed by atoms with van der Waals surface area (Å²) in [5, 5.41) is 12.4. The Bertz CT molecular complexity index is 484. The molecule has 0 atom stereocenters. The maximum Gasteiger partial charge on any atom is 0.251 e. The molecule has 0 aromatic heterocycles. The van der Waals surface area contributed by atoms with Crippen molar-refractivity contribution >= 4 is 5.91 Å². The minimum Gasteiger partial charge on any atom is -0.394 e. The average molecular weight is 281 g/mol. The van der Waals surface area contributed by atoms with E-state index in [9.17, 15) is 14.3 Å². The van der Waals surface area contributed by atoms with Gasteiger partial charge in [-0.1, -0.05) is 12.8 Å². The van der Waals surface area contributed by atoms with Gasteiger partial charge < -0.3 is 15.2 Å². The van der Waals surface area contributed by atoms with E-state index in [4.69, 9.17) is 4.74 Å². The zero-order valence-electron chi connectivity index (χ0n) is 11.6. The van der Waals surface area contributed by atoms with Crippen LogP contribution in [0.25, 0.3) is 0 Å². The van der Waals surface area contributed by atoms with Gasteiger partial charge in [0.05, 0.1) is 18.8 Å². The highest BCUT2D eigenvalue weighted by Gasteiger charge is 2.34. The summed E-state index contributed by atoms with van der Waals surface area (Å²) >= 11 is 0. The van der Waals surface area contributed by atoms with Crippen LogP contribution >= 0.6 is 0 Å². The number of rotatable bonds is 5. The first-order valence-electron chi connectivity index (χ1n) is 6.81. The molecule has 0 unspecified atom stereocenters. The van der Waals surface area contributed by atoms with E-state index in [1.165, 1.54) is 25.3 Å². The summed E-state index contributed by atoms with van der Waals surface area (Å²) in [6, 6.07) is 4.21. The number of ether oxygens (including phenoxy) is 1. The number of benzene rings is 1. The van der Waals surface area contributed by atoms with E-state index in [1.54, 1.807) is 0 Å². The van der Waals surface area contributed by atoms with Crippen molar-refractivity contribution in [2.75, 3.05) is 13.7 Å². The quantitative estimate of drug-likeness (QED) is 0.868. The molecule has 0 spiro atoms. The minimum absolute atomic E-state index is 0.0646. The number of methoxy groups -OCH3 is 1. The van der Waals surface area contributed by atoms with Gasteiger partial charge in [-0.15, -0.1) is 0 Å². The second kappa shape index (κ2) is 6.33. The van der Waals surface area contributed by atoms with Crippen LogP contribution in [0, 0.1) is 5.82 Å². The number of carbonyl (C=O) groups excluding carboxylic acids is 1. The molecule has 1 aromatic rings. The van der Waals surface area contributed by atoms with E-state index in [0.29, 0.717) is 11.1 Å². The first-order valence-corrected chi connectivity index (χ1v) is 6.81. The lowest BCUT2D eigenvalue weighted by atomic mass is 9.98. The Morgan fingerprint density at radius 1 is 1.45 bits per heavy atom. The maximum atomic E-state index is 13.5. The summed E-state index contributed by atoms with van der Waals surface area (Å²) < 4.78 is 18.4. The highest BCUT2D eigenvalue weighted by molar-refractivity contribution is 5.94. The van der Waals surface area contributed by atoms with Crippen LogP contribution < -0.4 is 5.32 Å².